The lowest BCUT2D eigenvalue weighted by atomic mass is 9.94. The summed E-state index contributed by atoms with van der Waals surface area (Å²) in [5.74, 6) is -0.512. The number of esters is 1. The van der Waals surface area contributed by atoms with Gasteiger partial charge in [-0.15, -0.1) is 0 Å². The van der Waals surface area contributed by atoms with Crippen molar-refractivity contribution in [2.75, 3.05) is 37.5 Å². The summed E-state index contributed by atoms with van der Waals surface area (Å²) in [6, 6.07) is 19.2. The van der Waals surface area contributed by atoms with Crippen molar-refractivity contribution in [3.63, 3.8) is 0 Å². The van der Waals surface area contributed by atoms with E-state index >= 15 is 0 Å². The lowest BCUT2D eigenvalue weighted by Gasteiger charge is -2.35. The molecule has 0 spiro atoms. The molecule has 1 heterocycles. The van der Waals surface area contributed by atoms with Crippen molar-refractivity contribution in [2.45, 2.75) is 26.3 Å². The quantitative estimate of drug-likeness (QED) is 0.260. The van der Waals surface area contributed by atoms with E-state index in [9.17, 15) is 14.4 Å². The topological polar surface area (TPSA) is 109 Å². The highest BCUT2D eigenvalue weighted by Gasteiger charge is 2.36. The summed E-state index contributed by atoms with van der Waals surface area (Å²) >= 11 is 0. The molecule has 9 nitrogen and oxygen atoms in total. The van der Waals surface area contributed by atoms with E-state index in [0.29, 0.717) is 34.8 Å². The number of fused-ring (bicyclic) bond motifs is 1. The molecule has 0 bridgehead atoms. The van der Waals surface area contributed by atoms with Crippen molar-refractivity contribution in [3.8, 4) is 0 Å². The fraction of sp³-hybridized carbons (Fsp3) is 0.276. The number of nitrogens with zero attached hydrogens (tertiary/aromatic N) is 1. The second-order valence-electron chi connectivity index (χ2n) is 8.89. The van der Waals surface area contributed by atoms with Crippen molar-refractivity contribution in [1.82, 2.24) is 10.2 Å². The molecule has 1 aliphatic rings. The van der Waals surface area contributed by atoms with Crippen molar-refractivity contribution < 1.29 is 23.9 Å². The molecule has 1 unspecified atom stereocenters. The third kappa shape index (κ3) is 5.95. The molecule has 1 atom stereocenters. The number of nitrogens with one attached hydrogen (secondary N) is 3. The van der Waals surface area contributed by atoms with Gasteiger partial charge < -0.3 is 25.4 Å². The number of carbonyl (C=O) groups excluding carboxylic acids is 3. The zero-order chi connectivity index (χ0) is 27.1. The lowest BCUT2D eigenvalue weighted by Crippen LogP contribution is -2.48. The SMILES string of the molecule is CCCN1C(=O)NC(c2ccc(NC(=O)Nc3cccc4ccccc34)cc2)C(C(=O)OCCOC)=C1C. The summed E-state index contributed by atoms with van der Waals surface area (Å²) in [4.78, 5) is 40.1. The normalized spacial score (nSPS) is 15.3. The van der Waals surface area contributed by atoms with Crippen molar-refractivity contribution in [1.29, 1.82) is 0 Å². The average molecular weight is 517 g/mol. The highest BCUT2D eigenvalue weighted by molar-refractivity contribution is 6.06. The Morgan fingerprint density at radius 1 is 0.974 bits per heavy atom. The number of ether oxygens (including phenoxy) is 2. The second kappa shape index (κ2) is 12.2. The largest absolute Gasteiger partial charge is 0.460 e. The number of hydrogen-bond donors (Lipinski definition) is 3. The first-order valence-corrected chi connectivity index (χ1v) is 12.5. The van der Waals surface area contributed by atoms with Gasteiger partial charge in [0.15, 0.2) is 0 Å². The maximum atomic E-state index is 13.0. The maximum Gasteiger partial charge on any atom is 0.338 e. The number of amides is 4. The molecule has 3 N–H and O–H groups in total. The monoisotopic (exact) mass is 516 g/mol. The van der Waals surface area contributed by atoms with Crippen molar-refractivity contribution in [2.24, 2.45) is 0 Å². The molecule has 198 valence electrons. The van der Waals surface area contributed by atoms with Gasteiger partial charge >= 0.3 is 18.0 Å². The van der Waals surface area contributed by atoms with E-state index < -0.39 is 12.0 Å². The Kier molecular flexibility index (Phi) is 8.60. The number of allylic oxidation sites excluding steroid dienone is 1. The fourth-order valence-corrected chi connectivity index (χ4v) is 4.46. The van der Waals surface area contributed by atoms with E-state index in [0.717, 1.165) is 17.2 Å². The molecular weight excluding hydrogens is 484 g/mol. The van der Waals surface area contributed by atoms with E-state index in [1.54, 1.807) is 36.1 Å². The van der Waals surface area contributed by atoms with E-state index in [-0.39, 0.29) is 25.3 Å². The minimum Gasteiger partial charge on any atom is -0.460 e. The zero-order valence-electron chi connectivity index (χ0n) is 21.7. The molecule has 4 rings (SSSR count). The van der Waals surface area contributed by atoms with Gasteiger partial charge in [-0.25, -0.2) is 14.4 Å². The standard InChI is InChI=1S/C29H32N4O5/c1-4-16-33-19(2)25(27(34)38-18-17-37-3)26(32-29(33)36)21-12-14-22(15-13-21)30-28(35)31-24-11-7-9-20-8-5-6-10-23(20)24/h5-15,26H,4,16-18H2,1-3H3,(H,32,36)(H2,30,31,35). The first-order valence-electron chi connectivity index (χ1n) is 12.5. The van der Waals surface area contributed by atoms with Crippen LogP contribution >= 0.6 is 0 Å². The second-order valence-corrected chi connectivity index (χ2v) is 8.89. The lowest BCUT2D eigenvalue weighted by molar-refractivity contribution is -0.140. The molecule has 4 amide bonds. The summed E-state index contributed by atoms with van der Waals surface area (Å²) in [5.41, 5.74) is 2.87. The summed E-state index contributed by atoms with van der Waals surface area (Å²) in [6.07, 6.45) is 0.739. The fourth-order valence-electron chi connectivity index (χ4n) is 4.46. The van der Waals surface area contributed by atoms with Gasteiger partial charge in [0.05, 0.1) is 23.9 Å². The molecule has 0 aliphatic carbocycles. The Bertz CT molecular complexity index is 1350. The number of benzene rings is 3. The number of carbonyl (C=O) groups is 3. The van der Waals surface area contributed by atoms with Gasteiger partial charge in [-0.2, -0.15) is 0 Å². The van der Waals surface area contributed by atoms with Gasteiger partial charge in [-0.05, 0) is 42.5 Å². The number of urea groups is 2. The molecule has 0 saturated carbocycles. The van der Waals surface area contributed by atoms with Crippen LogP contribution in [0.1, 0.15) is 31.9 Å². The molecule has 0 saturated heterocycles. The van der Waals surface area contributed by atoms with Crippen LogP contribution in [0.3, 0.4) is 0 Å². The van der Waals surface area contributed by atoms with Gasteiger partial charge in [0, 0.05) is 30.4 Å². The number of rotatable bonds is 9. The minimum atomic E-state index is -0.691. The van der Waals surface area contributed by atoms with Crippen LogP contribution < -0.4 is 16.0 Å². The summed E-state index contributed by atoms with van der Waals surface area (Å²) < 4.78 is 10.4. The third-order valence-electron chi connectivity index (χ3n) is 6.32. The summed E-state index contributed by atoms with van der Waals surface area (Å²) in [5, 5.41) is 10.6. The Hall–Kier alpha value is -4.37. The van der Waals surface area contributed by atoms with Crippen molar-refractivity contribution >= 4 is 40.2 Å². The van der Waals surface area contributed by atoms with Crippen LogP contribution in [0.4, 0.5) is 21.0 Å². The Morgan fingerprint density at radius 3 is 2.45 bits per heavy atom. The molecule has 1 aliphatic heterocycles. The molecule has 0 radical (unpaired) electrons. The molecule has 3 aromatic carbocycles. The first-order chi connectivity index (χ1) is 18.4. The van der Waals surface area contributed by atoms with E-state index in [1.807, 2.05) is 49.4 Å². The van der Waals surface area contributed by atoms with Crippen LogP contribution in [0.25, 0.3) is 10.8 Å². The third-order valence-corrected chi connectivity index (χ3v) is 6.32. The predicted octanol–water partition coefficient (Wildman–Crippen LogP) is 5.42. The van der Waals surface area contributed by atoms with Crippen LogP contribution in [0, 0.1) is 0 Å². The van der Waals surface area contributed by atoms with Gasteiger partial charge in [0.2, 0.25) is 0 Å². The van der Waals surface area contributed by atoms with Crippen LogP contribution in [-0.4, -0.2) is 49.8 Å². The van der Waals surface area contributed by atoms with E-state index in [2.05, 4.69) is 16.0 Å². The van der Waals surface area contributed by atoms with Gasteiger partial charge in [0.1, 0.15) is 6.61 Å². The molecule has 0 aromatic heterocycles. The Balaban J connectivity index is 1.52. The Labute approximate surface area is 221 Å². The van der Waals surface area contributed by atoms with E-state index in [1.165, 1.54) is 7.11 Å². The zero-order valence-corrected chi connectivity index (χ0v) is 21.7. The number of hydrogen-bond acceptors (Lipinski definition) is 5. The molecule has 0 fully saturated rings. The average Bonchev–Trinajstić information content (AvgIpc) is 2.91. The minimum absolute atomic E-state index is 0.106. The highest BCUT2D eigenvalue weighted by Crippen LogP contribution is 2.32. The predicted molar refractivity (Wildman–Crippen MR) is 147 cm³/mol. The highest BCUT2D eigenvalue weighted by atomic mass is 16.6. The maximum absolute atomic E-state index is 13.0. The summed E-state index contributed by atoms with van der Waals surface area (Å²) in [7, 11) is 1.53. The van der Waals surface area contributed by atoms with E-state index in [4.69, 9.17) is 9.47 Å². The van der Waals surface area contributed by atoms with Crippen LogP contribution in [0.5, 0.6) is 0 Å². The Morgan fingerprint density at radius 2 is 1.71 bits per heavy atom. The molecular formula is C29H32N4O5. The molecule has 9 heteroatoms. The van der Waals surface area contributed by atoms with Gasteiger partial charge in [-0.1, -0.05) is 55.5 Å². The van der Waals surface area contributed by atoms with Crippen molar-refractivity contribution in [3.05, 3.63) is 83.6 Å². The molecule has 38 heavy (non-hydrogen) atoms. The molecule has 3 aromatic rings. The van der Waals surface area contributed by atoms with Gasteiger partial charge in [0.25, 0.3) is 0 Å². The smallest absolute Gasteiger partial charge is 0.338 e. The number of anilines is 2. The summed E-state index contributed by atoms with van der Waals surface area (Å²) in [6.45, 7) is 4.57. The first kappa shape index (κ1) is 26.7. The van der Waals surface area contributed by atoms with Crippen LogP contribution in [0.2, 0.25) is 0 Å². The van der Waals surface area contributed by atoms with Crippen LogP contribution in [-0.2, 0) is 14.3 Å². The van der Waals surface area contributed by atoms with Gasteiger partial charge in [-0.3, -0.25) is 4.90 Å². The number of methoxy groups -OCH3 is 1. The van der Waals surface area contributed by atoms with Crippen LogP contribution in [0.15, 0.2) is 78.0 Å².